The minimum atomic E-state index is 0.519. The molecule has 0 spiro atoms. The number of hydrogen-bond acceptors (Lipinski definition) is 2. The topological polar surface area (TPSA) is 27.1 Å². The van der Waals surface area contributed by atoms with E-state index in [1.165, 1.54) is 0 Å². The van der Waals surface area contributed by atoms with E-state index in [0.29, 0.717) is 6.73 Å². The fraction of sp³-hybridized carbons (Fsp3) is 0.500. The van der Waals surface area contributed by atoms with Crippen molar-refractivity contribution >= 4 is 31.9 Å². The molecule has 1 aromatic heterocycles. The molecule has 0 saturated heterocycles. The minimum absolute atomic E-state index is 0.519. The van der Waals surface area contributed by atoms with Crippen molar-refractivity contribution in [3.8, 4) is 0 Å². The summed E-state index contributed by atoms with van der Waals surface area (Å²) < 4.78 is 8.62. The largest absolute Gasteiger partial charge is 0.364 e. The van der Waals surface area contributed by atoms with Crippen LogP contribution in [0.25, 0.3) is 0 Å². The Morgan fingerprint density at radius 2 is 2.18 bits per heavy atom. The van der Waals surface area contributed by atoms with Gasteiger partial charge in [0.05, 0.1) is 0 Å². The zero-order chi connectivity index (χ0) is 8.43. The number of hydrogen-bond donors (Lipinski definition) is 0. The van der Waals surface area contributed by atoms with E-state index in [0.717, 1.165) is 15.0 Å². The third-order valence-corrected chi connectivity index (χ3v) is 3.20. The van der Waals surface area contributed by atoms with Crippen molar-refractivity contribution in [2.45, 2.75) is 13.7 Å². The Bertz CT molecular complexity index is 259. The molecule has 0 aliphatic rings. The highest BCUT2D eigenvalue weighted by Gasteiger charge is 2.08. The maximum absolute atomic E-state index is 4.97. The van der Waals surface area contributed by atoms with Gasteiger partial charge in [-0.25, -0.2) is 4.98 Å². The van der Waals surface area contributed by atoms with Crippen molar-refractivity contribution in [3.63, 3.8) is 0 Å². The Morgan fingerprint density at radius 1 is 1.55 bits per heavy atom. The van der Waals surface area contributed by atoms with Gasteiger partial charge in [-0.05, 0) is 38.8 Å². The summed E-state index contributed by atoms with van der Waals surface area (Å²) in [6.45, 7) is 2.44. The summed E-state index contributed by atoms with van der Waals surface area (Å²) in [4.78, 5) is 4.18. The monoisotopic (exact) mass is 282 g/mol. The lowest BCUT2D eigenvalue weighted by Gasteiger charge is -2.03. The van der Waals surface area contributed by atoms with Gasteiger partial charge >= 0.3 is 0 Å². The number of imidazole rings is 1. The van der Waals surface area contributed by atoms with Crippen LogP contribution in [0.15, 0.2) is 9.21 Å². The van der Waals surface area contributed by atoms with E-state index < -0.39 is 0 Å². The van der Waals surface area contributed by atoms with Gasteiger partial charge in [0.1, 0.15) is 21.8 Å². The lowest BCUT2D eigenvalue weighted by atomic mass is 10.7. The number of aryl methyl sites for hydroxylation is 1. The van der Waals surface area contributed by atoms with Gasteiger partial charge in [-0.3, -0.25) is 4.57 Å². The van der Waals surface area contributed by atoms with E-state index in [1.807, 2.05) is 11.5 Å². The van der Waals surface area contributed by atoms with Crippen molar-refractivity contribution in [1.29, 1.82) is 0 Å². The Kier molecular flexibility index (Phi) is 3.09. The molecule has 0 radical (unpaired) electrons. The predicted molar refractivity (Wildman–Crippen MR) is 49.4 cm³/mol. The summed E-state index contributed by atoms with van der Waals surface area (Å²) in [5.41, 5.74) is 0. The summed E-state index contributed by atoms with van der Waals surface area (Å²) in [6, 6.07) is 0. The molecule has 0 unspecified atom stereocenters. The summed E-state index contributed by atoms with van der Waals surface area (Å²) in [7, 11) is 1.65. The number of nitrogens with zero attached hydrogens (tertiary/aromatic N) is 2. The van der Waals surface area contributed by atoms with Crippen LogP contribution in [0.4, 0.5) is 0 Å². The van der Waals surface area contributed by atoms with Crippen molar-refractivity contribution < 1.29 is 4.74 Å². The predicted octanol–water partition coefficient (Wildman–Crippen LogP) is 2.32. The molecule has 0 fully saturated rings. The summed E-state index contributed by atoms with van der Waals surface area (Å²) >= 11 is 6.68. The first kappa shape index (κ1) is 9.22. The number of ether oxygens (including phenoxy) is 1. The van der Waals surface area contributed by atoms with Gasteiger partial charge in [-0.2, -0.15) is 0 Å². The highest BCUT2D eigenvalue weighted by atomic mass is 79.9. The van der Waals surface area contributed by atoms with Crippen LogP contribution in [-0.4, -0.2) is 16.7 Å². The number of halogens is 2. The van der Waals surface area contributed by atoms with E-state index in [4.69, 9.17) is 4.74 Å². The van der Waals surface area contributed by atoms with Gasteiger partial charge in [0.2, 0.25) is 0 Å². The maximum atomic E-state index is 4.97. The third kappa shape index (κ3) is 1.83. The van der Waals surface area contributed by atoms with Gasteiger partial charge < -0.3 is 4.74 Å². The summed E-state index contributed by atoms with van der Waals surface area (Å²) in [5.74, 6) is 0.922. The molecular weight excluding hydrogens is 276 g/mol. The standard InChI is InChI=1S/C6H8Br2N2O/c1-4-9-5(7)6(8)10(4)3-11-2/h3H2,1-2H3. The molecule has 62 valence electrons. The van der Waals surface area contributed by atoms with Crippen LogP contribution >= 0.6 is 31.9 Å². The molecule has 1 rings (SSSR count). The normalized spacial score (nSPS) is 10.5. The number of methoxy groups -OCH3 is 1. The van der Waals surface area contributed by atoms with E-state index in [-0.39, 0.29) is 0 Å². The lowest BCUT2D eigenvalue weighted by Crippen LogP contribution is -2.01. The average molecular weight is 284 g/mol. The Morgan fingerprint density at radius 3 is 2.55 bits per heavy atom. The molecule has 1 heterocycles. The van der Waals surface area contributed by atoms with Crippen molar-refractivity contribution in [2.75, 3.05) is 7.11 Å². The molecule has 5 heteroatoms. The maximum Gasteiger partial charge on any atom is 0.139 e. The summed E-state index contributed by atoms with van der Waals surface area (Å²) in [5, 5.41) is 0. The molecule has 0 aliphatic heterocycles. The molecule has 3 nitrogen and oxygen atoms in total. The quantitative estimate of drug-likeness (QED) is 0.833. The second kappa shape index (κ2) is 3.69. The van der Waals surface area contributed by atoms with E-state index >= 15 is 0 Å². The minimum Gasteiger partial charge on any atom is -0.364 e. The lowest BCUT2D eigenvalue weighted by molar-refractivity contribution is 0.127. The molecular formula is C6H8Br2N2O. The van der Waals surface area contributed by atoms with Crippen molar-refractivity contribution in [3.05, 3.63) is 15.0 Å². The molecule has 0 N–H and O–H groups in total. The van der Waals surface area contributed by atoms with E-state index in [9.17, 15) is 0 Å². The Labute approximate surface area is 82.0 Å². The zero-order valence-corrected chi connectivity index (χ0v) is 9.44. The van der Waals surface area contributed by atoms with E-state index in [1.54, 1.807) is 7.11 Å². The average Bonchev–Trinajstić information content (AvgIpc) is 2.17. The van der Waals surface area contributed by atoms with Gasteiger partial charge in [0.15, 0.2) is 0 Å². The van der Waals surface area contributed by atoms with Gasteiger partial charge in [0, 0.05) is 7.11 Å². The molecule has 0 bridgehead atoms. The second-order valence-corrected chi connectivity index (χ2v) is 3.59. The first-order chi connectivity index (χ1) is 5.16. The van der Waals surface area contributed by atoms with Crippen LogP contribution in [0, 0.1) is 6.92 Å². The van der Waals surface area contributed by atoms with Gasteiger partial charge in [0.25, 0.3) is 0 Å². The highest BCUT2D eigenvalue weighted by molar-refractivity contribution is 9.13. The van der Waals surface area contributed by atoms with Crippen LogP contribution in [0.2, 0.25) is 0 Å². The molecule has 0 atom stereocenters. The third-order valence-electron chi connectivity index (χ3n) is 1.32. The first-order valence-electron chi connectivity index (χ1n) is 3.04. The second-order valence-electron chi connectivity index (χ2n) is 2.09. The first-order valence-corrected chi connectivity index (χ1v) is 4.62. The number of rotatable bonds is 2. The molecule has 0 aliphatic carbocycles. The van der Waals surface area contributed by atoms with Crippen LogP contribution in [-0.2, 0) is 11.5 Å². The SMILES string of the molecule is COCn1c(C)nc(Br)c1Br. The van der Waals surface area contributed by atoms with Crippen LogP contribution in [0.3, 0.4) is 0 Å². The molecule has 1 aromatic rings. The molecule has 0 amide bonds. The van der Waals surface area contributed by atoms with Crippen LogP contribution < -0.4 is 0 Å². The molecule has 0 aromatic carbocycles. The van der Waals surface area contributed by atoms with Gasteiger partial charge in [-0.15, -0.1) is 0 Å². The van der Waals surface area contributed by atoms with Crippen molar-refractivity contribution in [1.82, 2.24) is 9.55 Å². The van der Waals surface area contributed by atoms with Gasteiger partial charge in [-0.1, -0.05) is 0 Å². The summed E-state index contributed by atoms with van der Waals surface area (Å²) in [6.07, 6.45) is 0. The van der Waals surface area contributed by atoms with Crippen LogP contribution in [0.5, 0.6) is 0 Å². The zero-order valence-electron chi connectivity index (χ0n) is 6.27. The van der Waals surface area contributed by atoms with Crippen molar-refractivity contribution in [2.24, 2.45) is 0 Å². The fourth-order valence-electron chi connectivity index (χ4n) is 0.781. The molecule has 0 saturated carbocycles. The number of aromatic nitrogens is 2. The van der Waals surface area contributed by atoms with E-state index in [2.05, 4.69) is 36.8 Å². The smallest absolute Gasteiger partial charge is 0.139 e. The fourth-order valence-corrected chi connectivity index (χ4v) is 1.70. The highest BCUT2D eigenvalue weighted by Crippen LogP contribution is 2.23. The molecule has 11 heavy (non-hydrogen) atoms. The van der Waals surface area contributed by atoms with Crippen LogP contribution in [0.1, 0.15) is 5.82 Å². The Balaban J connectivity index is 3.02. The Hall–Kier alpha value is 0.130.